The van der Waals surface area contributed by atoms with Crippen LogP contribution in [0.25, 0.3) is 16.7 Å². The Bertz CT molecular complexity index is 1300. The van der Waals surface area contributed by atoms with Crippen molar-refractivity contribution in [2.45, 2.75) is 63.4 Å². The highest BCUT2D eigenvalue weighted by Gasteiger charge is 2.40. The van der Waals surface area contributed by atoms with E-state index in [-0.39, 0.29) is 32.9 Å². The van der Waals surface area contributed by atoms with E-state index in [0.29, 0.717) is 30.6 Å². The third kappa shape index (κ3) is 4.81. The van der Waals surface area contributed by atoms with E-state index >= 15 is 4.39 Å². The molecule has 8 nitrogen and oxygen atoms in total. The number of aryl methyl sites for hydroxylation is 2. The van der Waals surface area contributed by atoms with Crippen molar-refractivity contribution in [1.82, 2.24) is 24.6 Å². The van der Waals surface area contributed by atoms with E-state index in [1.165, 1.54) is 0 Å². The normalized spacial score (nSPS) is 29.0. The lowest BCUT2D eigenvalue weighted by atomic mass is 9.84. The predicted octanol–water partition coefficient (Wildman–Crippen LogP) is 3.55. The molecule has 0 radical (unpaired) electrons. The van der Waals surface area contributed by atoms with Crippen LogP contribution in [0.3, 0.4) is 0 Å². The quantitative estimate of drug-likeness (QED) is 0.484. The van der Waals surface area contributed by atoms with Crippen molar-refractivity contribution in [3.05, 3.63) is 41.3 Å². The number of hydrogen-bond acceptors (Lipinski definition) is 7. The first kappa shape index (κ1) is 27.6. The Morgan fingerprint density at radius 3 is 2.53 bits per heavy atom. The minimum atomic E-state index is -0.896. The van der Waals surface area contributed by atoms with Crippen molar-refractivity contribution in [3.63, 3.8) is 0 Å². The van der Waals surface area contributed by atoms with Crippen LogP contribution in [0.15, 0.2) is 24.4 Å². The molecule has 0 amide bonds. The molecule has 0 spiro atoms. The molecular weight excluding hydrogens is 523 g/mol. The van der Waals surface area contributed by atoms with E-state index in [2.05, 4.69) is 28.9 Å². The maximum atomic E-state index is 15.6. The second kappa shape index (κ2) is 10.9. The average Bonchev–Trinajstić information content (AvgIpc) is 3.68. The van der Waals surface area contributed by atoms with Crippen molar-refractivity contribution in [2.24, 2.45) is 0 Å². The molecule has 4 saturated heterocycles. The molecule has 0 aliphatic carbocycles. The molecule has 2 bridgehead atoms. The van der Waals surface area contributed by atoms with E-state index in [9.17, 15) is 0 Å². The standard InChI is InChI=1S/C27H33FN6O2.2H2S/c1-16-7-18-11-29-34(27-10-26(30-17(2)31-27)33-12-21-8-20(33)15-36-21)25(18)9-23(16)22-3-5-32(13-24(22)28)19-4-6-35-14-19;;/h7,9-11,19-22,24H,3-6,8,12-15H2,1-2H3;2*1H2/t19?,20-,21-,22?,24?;;/m0../s1. The van der Waals surface area contributed by atoms with Gasteiger partial charge in [0.15, 0.2) is 5.82 Å². The molecule has 206 valence electrons. The number of rotatable bonds is 4. The van der Waals surface area contributed by atoms with Gasteiger partial charge >= 0.3 is 0 Å². The van der Waals surface area contributed by atoms with Crippen LogP contribution in [0, 0.1) is 13.8 Å². The van der Waals surface area contributed by atoms with Crippen LogP contribution in [-0.2, 0) is 9.47 Å². The minimum absolute atomic E-state index is 0. The number of ether oxygens (including phenoxy) is 2. The second-order valence-electron chi connectivity index (χ2n) is 10.9. The molecule has 0 saturated carbocycles. The summed E-state index contributed by atoms with van der Waals surface area (Å²) < 4.78 is 28.8. The van der Waals surface area contributed by atoms with Gasteiger partial charge in [0.2, 0.25) is 0 Å². The zero-order valence-corrected chi connectivity index (χ0v) is 23.9. The maximum Gasteiger partial charge on any atom is 0.159 e. The number of anilines is 1. The maximum absolute atomic E-state index is 15.6. The van der Waals surface area contributed by atoms with Crippen LogP contribution in [0.5, 0.6) is 0 Å². The van der Waals surface area contributed by atoms with Gasteiger partial charge in [-0.3, -0.25) is 4.90 Å². The lowest BCUT2D eigenvalue weighted by Gasteiger charge is -2.38. The van der Waals surface area contributed by atoms with Crippen LogP contribution < -0.4 is 4.90 Å². The van der Waals surface area contributed by atoms with E-state index < -0.39 is 6.17 Å². The number of halogens is 1. The smallest absolute Gasteiger partial charge is 0.159 e. The van der Waals surface area contributed by atoms with Gasteiger partial charge in [0.05, 0.1) is 37.1 Å². The van der Waals surface area contributed by atoms with Crippen LogP contribution in [0.2, 0.25) is 0 Å². The number of alkyl halides is 1. The zero-order valence-electron chi connectivity index (χ0n) is 21.9. The topological polar surface area (TPSA) is 68.5 Å². The lowest BCUT2D eigenvalue weighted by molar-refractivity contribution is 0.0728. The minimum Gasteiger partial charge on any atom is -0.380 e. The number of nitrogens with zero attached hydrogens (tertiary/aromatic N) is 6. The number of benzene rings is 1. The molecule has 2 aromatic heterocycles. The largest absolute Gasteiger partial charge is 0.380 e. The van der Waals surface area contributed by atoms with E-state index in [1.54, 1.807) is 0 Å². The highest BCUT2D eigenvalue weighted by atomic mass is 32.1. The van der Waals surface area contributed by atoms with Gasteiger partial charge in [0.25, 0.3) is 0 Å². The summed E-state index contributed by atoms with van der Waals surface area (Å²) in [6.07, 6.45) is 4.16. The molecule has 1 aromatic carbocycles. The molecule has 0 N–H and O–H groups in total. The summed E-state index contributed by atoms with van der Waals surface area (Å²) in [5, 5.41) is 5.74. The van der Waals surface area contributed by atoms with Crippen molar-refractivity contribution >= 4 is 43.7 Å². The fraction of sp³-hybridized carbons (Fsp3) is 0.593. The molecule has 5 atom stereocenters. The predicted molar refractivity (Wildman–Crippen MR) is 155 cm³/mol. The number of aromatic nitrogens is 4. The number of fused-ring (bicyclic) bond motifs is 3. The van der Waals surface area contributed by atoms with Crippen LogP contribution in [0.1, 0.15) is 42.1 Å². The first-order valence-corrected chi connectivity index (χ1v) is 13.2. The van der Waals surface area contributed by atoms with Gasteiger partial charge in [-0.15, -0.1) is 0 Å². The molecule has 6 heterocycles. The number of likely N-dealkylation sites (tertiary alicyclic amines) is 1. The molecule has 38 heavy (non-hydrogen) atoms. The van der Waals surface area contributed by atoms with Gasteiger partial charge in [0, 0.05) is 43.1 Å². The average molecular weight is 561 g/mol. The first-order valence-electron chi connectivity index (χ1n) is 13.2. The Labute approximate surface area is 236 Å². The Hall–Kier alpha value is -1.92. The molecule has 7 rings (SSSR count). The van der Waals surface area contributed by atoms with Crippen molar-refractivity contribution in [2.75, 3.05) is 44.4 Å². The Morgan fingerprint density at radius 2 is 1.82 bits per heavy atom. The second-order valence-corrected chi connectivity index (χ2v) is 10.9. The lowest BCUT2D eigenvalue weighted by Crippen LogP contribution is -2.46. The molecule has 11 heteroatoms. The third-order valence-electron chi connectivity index (χ3n) is 8.57. The van der Waals surface area contributed by atoms with Gasteiger partial charge in [-0.25, -0.2) is 19.0 Å². The molecule has 3 unspecified atom stereocenters. The number of morpholine rings is 1. The molecule has 3 aromatic rings. The number of piperidine rings is 1. The fourth-order valence-corrected chi connectivity index (χ4v) is 6.68. The number of hydrogen-bond donors (Lipinski definition) is 0. The van der Waals surface area contributed by atoms with Crippen LogP contribution in [-0.4, -0.2) is 88.5 Å². The summed E-state index contributed by atoms with van der Waals surface area (Å²) in [6, 6.07) is 7.06. The highest BCUT2D eigenvalue weighted by Crippen LogP contribution is 2.37. The monoisotopic (exact) mass is 560 g/mol. The van der Waals surface area contributed by atoms with Crippen molar-refractivity contribution in [3.8, 4) is 5.82 Å². The SMILES string of the molecule is Cc1nc(N2C[C@@H]3C[C@H]2CO3)cc(-n2ncc3cc(C)c(C4CCN(C5CCOC5)CC4F)cc32)n1.S.S. The fourth-order valence-electron chi connectivity index (χ4n) is 6.68. The summed E-state index contributed by atoms with van der Waals surface area (Å²) in [5.41, 5.74) is 3.17. The molecular formula is C27H37FN6O2S2. The Kier molecular flexibility index (Phi) is 7.94. The summed E-state index contributed by atoms with van der Waals surface area (Å²) in [7, 11) is 0. The van der Waals surface area contributed by atoms with Crippen molar-refractivity contribution in [1.29, 1.82) is 0 Å². The summed E-state index contributed by atoms with van der Waals surface area (Å²) in [4.78, 5) is 14.1. The Balaban J connectivity index is 0.00000147. The molecule has 4 aliphatic heterocycles. The summed E-state index contributed by atoms with van der Waals surface area (Å²) in [6.45, 7) is 8.55. The van der Waals surface area contributed by atoms with Gasteiger partial charge in [-0.1, -0.05) is 0 Å². The van der Waals surface area contributed by atoms with Gasteiger partial charge < -0.3 is 14.4 Å². The summed E-state index contributed by atoms with van der Waals surface area (Å²) in [5.74, 6) is 2.28. The van der Waals surface area contributed by atoms with Gasteiger partial charge in [-0.2, -0.15) is 32.1 Å². The molecule has 4 aliphatic rings. The van der Waals surface area contributed by atoms with Gasteiger partial charge in [-0.05, 0) is 62.9 Å². The van der Waals surface area contributed by atoms with Gasteiger partial charge in [0.1, 0.15) is 17.8 Å². The molecule has 4 fully saturated rings. The van der Waals surface area contributed by atoms with Crippen LogP contribution in [0.4, 0.5) is 10.2 Å². The highest BCUT2D eigenvalue weighted by molar-refractivity contribution is 7.59. The Morgan fingerprint density at radius 1 is 0.974 bits per heavy atom. The third-order valence-corrected chi connectivity index (χ3v) is 8.57. The summed E-state index contributed by atoms with van der Waals surface area (Å²) >= 11 is 0. The van der Waals surface area contributed by atoms with Crippen molar-refractivity contribution < 1.29 is 13.9 Å². The zero-order chi connectivity index (χ0) is 24.4. The van der Waals surface area contributed by atoms with E-state index in [1.807, 2.05) is 23.9 Å². The van der Waals surface area contributed by atoms with Crippen LogP contribution >= 0.6 is 27.0 Å². The van der Waals surface area contributed by atoms with E-state index in [4.69, 9.17) is 24.5 Å². The first-order chi connectivity index (χ1) is 17.5. The van der Waals surface area contributed by atoms with E-state index in [0.717, 1.165) is 85.8 Å².